The Kier molecular flexibility index (Phi) is 3.60. The van der Waals surface area contributed by atoms with Crippen molar-refractivity contribution in [3.8, 4) is 0 Å². The Labute approximate surface area is 107 Å². The van der Waals surface area contributed by atoms with Crippen molar-refractivity contribution in [2.24, 2.45) is 7.05 Å². The Bertz CT molecular complexity index is 549. The Balaban J connectivity index is 2.08. The fourth-order valence-electron chi connectivity index (χ4n) is 2.24. The maximum atomic E-state index is 12.2. The Morgan fingerprint density at radius 2 is 1.94 bits per heavy atom. The minimum absolute atomic E-state index is 0.217. The second kappa shape index (κ2) is 5.17. The van der Waals surface area contributed by atoms with Gasteiger partial charge in [-0.15, -0.1) is 0 Å². The Hall–Kier alpha value is -1.90. The third kappa shape index (κ3) is 2.67. The molecule has 0 atom stereocenters. The number of Topliss-reactive ketones (excluding diaryl/α,β-unsaturated/α-hetero) is 1. The lowest BCUT2D eigenvalue weighted by Gasteiger charge is -2.07. The molecule has 0 amide bonds. The fourth-order valence-corrected chi connectivity index (χ4v) is 2.24. The standard InChI is InChI=1S/C15H18N2O/c1-11-5-4-6-12(2)15(11)14(18)8-7-13-9-16-17(3)10-13/h4-6,9-10H,7-8H2,1-3H3. The molecule has 0 spiro atoms. The molecule has 0 N–H and O–H groups in total. The number of carbonyl (C=O) groups is 1. The van der Waals surface area contributed by atoms with Crippen molar-refractivity contribution in [3.63, 3.8) is 0 Å². The third-order valence-electron chi connectivity index (χ3n) is 3.16. The van der Waals surface area contributed by atoms with Gasteiger partial charge in [0.25, 0.3) is 0 Å². The maximum absolute atomic E-state index is 12.2. The van der Waals surface area contributed by atoms with Gasteiger partial charge in [0.05, 0.1) is 6.20 Å². The Morgan fingerprint density at radius 1 is 1.28 bits per heavy atom. The summed E-state index contributed by atoms with van der Waals surface area (Å²) in [5, 5.41) is 4.11. The number of rotatable bonds is 4. The fraction of sp³-hybridized carbons (Fsp3) is 0.333. The van der Waals surface area contributed by atoms with E-state index in [9.17, 15) is 4.79 Å². The molecule has 0 radical (unpaired) electrons. The van der Waals surface area contributed by atoms with E-state index in [2.05, 4.69) is 5.10 Å². The van der Waals surface area contributed by atoms with Gasteiger partial charge in [-0.1, -0.05) is 18.2 Å². The first kappa shape index (κ1) is 12.6. The molecule has 0 aliphatic heterocycles. The van der Waals surface area contributed by atoms with Crippen LogP contribution in [0, 0.1) is 13.8 Å². The van der Waals surface area contributed by atoms with E-state index < -0.39 is 0 Å². The zero-order valence-corrected chi connectivity index (χ0v) is 11.1. The van der Waals surface area contributed by atoms with Gasteiger partial charge in [0.1, 0.15) is 0 Å². The second-order valence-corrected chi connectivity index (χ2v) is 4.71. The van der Waals surface area contributed by atoms with Crippen molar-refractivity contribution in [3.05, 3.63) is 52.8 Å². The summed E-state index contributed by atoms with van der Waals surface area (Å²) in [7, 11) is 1.89. The minimum Gasteiger partial charge on any atom is -0.294 e. The van der Waals surface area contributed by atoms with Crippen LogP contribution >= 0.6 is 0 Å². The predicted octanol–water partition coefficient (Wildman–Crippen LogP) is 2.85. The first-order valence-electron chi connectivity index (χ1n) is 6.15. The highest BCUT2D eigenvalue weighted by Gasteiger charge is 2.12. The normalized spacial score (nSPS) is 10.6. The predicted molar refractivity (Wildman–Crippen MR) is 71.8 cm³/mol. The Morgan fingerprint density at radius 3 is 2.50 bits per heavy atom. The van der Waals surface area contributed by atoms with Gasteiger partial charge < -0.3 is 0 Å². The number of aromatic nitrogens is 2. The van der Waals surface area contributed by atoms with E-state index in [1.165, 1.54) is 0 Å². The van der Waals surface area contributed by atoms with Crippen LogP contribution < -0.4 is 0 Å². The van der Waals surface area contributed by atoms with E-state index in [1.807, 2.05) is 51.5 Å². The third-order valence-corrected chi connectivity index (χ3v) is 3.16. The van der Waals surface area contributed by atoms with Crippen molar-refractivity contribution >= 4 is 5.78 Å². The van der Waals surface area contributed by atoms with Gasteiger partial charge in [-0.2, -0.15) is 5.10 Å². The molecule has 0 bridgehead atoms. The molecule has 94 valence electrons. The summed E-state index contributed by atoms with van der Waals surface area (Å²) in [6.45, 7) is 3.98. The summed E-state index contributed by atoms with van der Waals surface area (Å²) >= 11 is 0. The van der Waals surface area contributed by atoms with Gasteiger partial charge in [0, 0.05) is 25.2 Å². The van der Waals surface area contributed by atoms with Gasteiger partial charge in [0.2, 0.25) is 0 Å². The lowest BCUT2D eigenvalue weighted by atomic mass is 9.96. The molecule has 0 aliphatic rings. The molecule has 3 heteroatoms. The molecule has 2 aromatic rings. The molecule has 2 rings (SSSR count). The van der Waals surface area contributed by atoms with Gasteiger partial charge in [-0.25, -0.2) is 0 Å². The molecule has 0 saturated heterocycles. The topological polar surface area (TPSA) is 34.9 Å². The van der Waals surface area contributed by atoms with Crippen LogP contribution in [-0.2, 0) is 13.5 Å². The quantitative estimate of drug-likeness (QED) is 0.773. The molecule has 1 aromatic carbocycles. The highest BCUT2D eigenvalue weighted by atomic mass is 16.1. The van der Waals surface area contributed by atoms with Crippen LogP contribution in [0.2, 0.25) is 0 Å². The number of nitrogens with zero attached hydrogens (tertiary/aromatic N) is 2. The summed E-state index contributed by atoms with van der Waals surface area (Å²) < 4.78 is 1.76. The number of benzene rings is 1. The average Bonchev–Trinajstić information content (AvgIpc) is 2.72. The molecule has 0 saturated carbocycles. The minimum atomic E-state index is 0.217. The van der Waals surface area contributed by atoms with E-state index in [4.69, 9.17) is 0 Å². The van der Waals surface area contributed by atoms with Gasteiger partial charge in [-0.05, 0) is 37.0 Å². The summed E-state index contributed by atoms with van der Waals surface area (Å²) in [6.07, 6.45) is 5.06. The van der Waals surface area contributed by atoms with Crippen molar-refractivity contribution in [1.82, 2.24) is 9.78 Å². The van der Waals surface area contributed by atoms with Crippen LogP contribution in [0.15, 0.2) is 30.6 Å². The summed E-state index contributed by atoms with van der Waals surface area (Å²) in [5.74, 6) is 0.217. The molecule has 1 heterocycles. The smallest absolute Gasteiger partial charge is 0.163 e. The SMILES string of the molecule is Cc1cccc(C)c1C(=O)CCc1cnn(C)c1. The molecule has 0 aliphatic carbocycles. The molecular weight excluding hydrogens is 224 g/mol. The zero-order valence-electron chi connectivity index (χ0n) is 11.1. The molecule has 1 aromatic heterocycles. The number of aryl methyl sites for hydroxylation is 4. The highest BCUT2D eigenvalue weighted by Crippen LogP contribution is 2.16. The van der Waals surface area contributed by atoms with Crippen LogP contribution in [0.25, 0.3) is 0 Å². The summed E-state index contributed by atoms with van der Waals surface area (Å²) in [5.41, 5.74) is 4.11. The first-order chi connectivity index (χ1) is 8.58. The van der Waals surface area contributed by atoms with Crippen LogP contribution in [-0.4, -0.2) is 15.6 Å². The monoisotopic (exact) mass is 242 g/mol. The van der Waals surface area contributed by atoms with E-state index in [1.54, 1.807) is 4.68 Å². The van der Waals surface area contributed by atoms with Gasteiger partial charge in [0.15, 0.2) is 5.78 Å². The molecule has 0 unspecified atom stereocenters. The van der Waals surface area contributed by atoms with Gasteiger partial charge in [-0.3, -0.25) is 9.48 Å². The van der Waals surface area contributed by atoms with Crippen molar-refractivity contribution < 1.29 is 4.79 Å². The first-order valence-corrected chi connectivity index (χ1v) is 6.15. The molecule has 18 heavy (non-hydrogen) atoms. The molecule has 0 fully saturated rings. The summed E-state index contributed by atoms with van der Waals surface area (Å²) in [6, 6.07) is 5.97. The van der Waals surface area contributed by atoms with Crippen LogP contribution in [0.1, 0.15) is 33.5 Å². The van der Waals surface area contributed by atoms with Crippen LogP contribution in [0.5, 0.6) is 0 Å². The van der Waals surface area contributed by atoms with E-state index in [0.717, 1.165) is 28.7 Å². The number of carbonyl (C=O) groups excluding carboxylic acids is 1. The van der Waals surface area contributed by atoms with E-state index >= 15 is 0 Å². The summed E-state index contributed by atoms with van der Waals surface area (Å²) in [4.78, 5) is 12.2. The van der Waals surface area contributed by atoms with Crippen LogP contribution in [0.4, 0.5) is 0 Å². The maximum Gasteiger partial charge on any atom is 0.163 e. The van der Waals surface area contributed by atoms with Gasteiger partial charge >= 0.3 is 0 Å². The van der Waals surface area contributed by atoms with Crippen molar-refractivity contribution in [2.45, 2.75) is 26.7 Å². The van der Waals surface area contributed by atoms with E-state index in [-0.39, 0.29) is 5.78 Å². The molecular formula is C15H18N2O. The highest BCUT2D eigenvalue weighted by molar-refractivity contribution is 5.98. The lowest BCUT2D eigenvalue weighted by molar-refractivity contribution is 0.0981. The number of hydrogen-bond acceptors (Lipinski definition) is 2. The zero-order chi connectivity index (χ0) is 13.1. The number of hydrogen-bond donors (Lipinski definition) is 0. The van der Waals surface area contributed by atoms with Crippen LogP contribution in [0.3, 0.4) is 0 Å². The average molecular weight is 242 g/mol. The molecule has 3 nitrogen and oxygen atoms in total. The van der Waals surface area contributed by atoms with E-state index in [0.29, 0.717) is 6.42 Å². The number of ketones is 1. The second-order valence-electron chi connectivity index (χ2n) is 4.71. The van der Waals surface area contributed by atoms with Crippen molar-refractivity contribution in [1.29, 1.82) is 0 Å². The van der Waals surface area contributed by atoms with Crippen molar-refractivity contribution in [2.75, 3.05) is 0 Å². The largest absolute Gasteiger partial charge is 0.294 e. The lowest BCUT2D eigenvalue weighted by Crippen LogP contribution is -2.05.